The van der Waals surface area contributed by atoms with Gasteiger partial charge in [-0.25, -0.2) is 4.98 Å². The van der Waals surface area contributed by atoms with Crippen LogP contribution in [0.4, 0.5) is 5.69 Å². The molecule has 2 heterocycles. The van der Waals surface area contributed by atoms with Gasteiger partial charge in [0.05, 0.1) is 29.2 Å². The highest BCUT2D eigenvalue weighted by Gasteiger charge is 2.14. The van der Waals surface area contributed by atoms with Crippen LogP contribution in [-0.2, 0) is 29.7 Å². The lowest BCUT2D eigenvalue weighted by Gasteiger charge is -2.09. The fraction of sp³-hybridized carbons (Fsp3) is 0.143. The second-order valence-corrected chi connectivity index (χ2v) is 6.72. The number of nitrogens with one attached hydrogen (secondary N) is 2. The number of carbonyl (C=O) groups is 2. The standard InChI is InChI=1S/C21H20N6O2/c1-26-13-17(11-24-26)25-21(29)20(28)22-10-15-5-4-6-16(9-15)12-27-14-23-18-7-2-3-8-19(18)27/h2-9,11,13-14H,10,12H2,1H3,(H,22,28)(H,25,29). The minimum atomic E-state index is -0.723. The van der Waals surface area contributed by atoms with Gasteiger partial charge in [-0.3, -0.25) is 14.3 Å². The molecule has 0 bridgehead atoms. The SMILES string of the molecule is Cn1cc(NC(=O)C(=O)NCc2cccc(Cn3cnc4ccccc43)c2)cn1. The molecule has 4 aromatic rings. The number of aryl methyl sites for hydroxylation is 1. The Hall–Kier alpha value is -3.94. The third-order valence-corrected chi connectivity index (χ3v) is 4.49. The molecule has 0 aliphatic heterocycles. The first-order valence-corrected chi connectivity index (χ1v) is 9.14. The van der Waals surface area contributed by atoms with E-state index in [0.29, 0.717) is 12.2 Å². The number of hydrogen-bond donors (Lipinski definition) is 2. The Bertz CT molecular complexity index is 1180. The smallest absolute Gasteiger partial charge is 0.313 e. The van der Waals surface area contributed by atoms with Gasteiger partial charge in [0.2, 0.25) is 0 Å². The van der Waals surface area contributed by atoms with Gasteiger partial charge in [-0.2, -0.15) is 5.10 Å². The summed E-state index contributed by atoms with van der Waals surface area (Å²) < 4.78 is 3.62. The van der Waals surface area contributed by atoms with Crippen molar-refractivity contribution in [1.82, 2.24) is 24.6 Å². The number of para-hydroxylation sites is 2. The van der Waals surface area contributed by atoms with Crippen molar-refractivity contribution < 1.29 is 9.59 Å². The van der Waals surface area contributed by atoms with Gasteiger partial charge < -0.3 is 15.2 Å². The molecule has 2 aromatic heterocycles. The maximum atomic E-state index is 12.1. The van der Waals surface area contributed by atoms with Crippen LogP contribution in [0.5, 0.6) is 0 Å². The van der Waals surface area contributed by atoms with Crippen molar-refractivity contribution in [2.45, 2.75) is 13.1 Å². The molecule has 2 aromatic carbocycles. The zero-order valence-corrected chi connectivity index (χ0v) is 15.9. The first kappa shape index (κ1) is 18.4. The quantitative estimate of drug-likeness (QED) is 0.512. The van der Waals surface area contributed by atoms with E-state index >= 15 is 0 Å². The maximum absolute atomic E-state index is 12.1. The van der Waals surface area contributed by atoms with Crippen molar-refractivity contribution in [2.75, 3.05) is 5.32 Å². The largest absolute Gasteiger partial charge is 0.344 e. The molecule has 8 nitrogen and oxygen atoms in total. The van der Waals surface area contributed by atoms with E-state index in [1.165, 1.54) is 6.20 Å². The molecule has 0 radical (unpaired) electrons. The summed E-state index contributed by atoms with van der Waals surface area (Å²) in [7, 11) is 1.73. The Labute approximate surface area is 167 Å². The molecular formula is C21H20N6O2. The molecule has 146 valence electrons. The molecular weight excluding hydrogens is 368 g/mol. The van der Waals surface area contributed by atoms with Gasteiger partial charge in [0.25, 0.3) is 0 Å². The summed E-state index contributed by atoms with van der Waals surface area (Å²) in [6.07, 6.45) is 4.92. The molecule has 0 spiro atoms. The number of hydrogen-bond acceptors (Lipinski definition) is 4. The van der Waals surface area contributed by atoms with Gasteiger partial charge in [-0.15, -0.1) is 0 Å². The molecule has 0 aliphatic carbocycles. The van der Waals surface area contributed by atoms with E-state index in [9.17, 15) is 9.59 Å². The Morgan fingerprint density at radius 2 is 1.86 bits per heavy atom. The summed E-state index contributed by atoms with van der Waals surface area (Å²) in [6, 6.07) is 15.8. The molecule has 0 aliphatic rings. The van der Waals surface area contributed by atoms with Crippen molar-refractivity contribution in [3.63, 3.8) is 0 Å². The number of amides is 2. The molecule has 2 N–H and O–H groups in total. The van der Waals surface area contributed by atoms with Gasteiger partial charge in [0.1, 0.15) is 0 Å². The summed E-state index contributed by atoms with van der Waals surface area (Å²) in [6.45, 7) is 0.932. The number of rotatable bonds is 5. The summed E-state index contributed by atoms with van der Waals surface area (Å²) in [5.74, 6) is -1.42. The monoisotopic (exact) mass is 388 g/mol. The second kappa shape index (κ2) is 7.97. The van der Waals surface area contributed by atoms with Crippen molar-refractivity contribution in [1.29, 1.82) is 0 Å². The van der Waals surface area contributed by atoms with E-state index in [1.807, 2.05) is 54.9 Å². The van der Waals surface area contributed by atoms with Gasteiger partial charge >= 0.3 is 11.8 Å². The summed E-state index contributed by atoms with van der Waals surface area (Å²) in [5.41, 5.74) is 4.49. The zero-order chi connectivity index (χ0) is 20.2. The molecule has 2 amide bonds. The fourth-order valence-corrected chi connectivity index (χ4v) is 3.11. The molecule has 4 rings (SSSR count). The van der Waals surface area contributed by atoms with E-state index in [2.05, 4.69) is 25.3 Å². The highest BCUT2D eigenvalue weighted by Crippen LogP contribution is 2.15. The van der Waals surface area contributed by atoms with Crippen molar-refractivity contribution in [2.24, 2.45) is 7.05 Å². The number of aromatic nitrogens is 4. The third-order valence-electron chi connectivity index (χ3n) is 4.49. The Kier molecular flexibility index (Phi) is 5.07. The minimum Gasteiger partial charge on any atom is -0.344 e. The van der Waals surface area contributed by atoms with Crippen LogP contribution < -0.4 is 10.6 Å². The van der Waals surface area contributed by atoms with Crippen molar-refractivity contribution in [3.8, 4) is 0 Å². The Balaban J connectivity index is 1.37. The zero-order valence-electron chi connectivity index (χ0n) is 15.9. The van der Waals surface area contributed by atoms with Crippen LogP contribution in [0.2, 0.25) is 0 Å². The minimum absolute atomic E-state index is 0.262. The summed E-state index contributed by atoms with van der Waals surface area (Å²) >= 11 is 0. The van der Waals surface area contributed by atoms with Crippen LogP contribution in [0.25, 0.3) is 11.0 Å². The van der Waals surface area contributed by atoms with E-state index in [-0.39, 0.29) is 6.54 Å². The highest BCUT2D eigenvalue weighted by molar-refractivity contribution is 6.39. The molecule has 0 saturated carbocycles. The molecule has 29 heavy (non-hydrogen) atoms. The van der Waals surface area contributed by atoms with E-state index in [1.54, 1.807) is 17.9 Å². The van der Waals surface area contributed by atoms with Crippen molar-refractivity contribution in [3.05, 3.63) is 78.4 Å². The molecule has 0 saturated heterocycles. The van der Waals surface area contributed by atoms with Crippen LogP contribution in [0, 0.1) is 0 Å². The van der Waals surface area contributed by atoms with E-state index in [4.69, 9.17) is 0 Å². The van der Waals surface area contributed by atoms with Crippen LogP contribution in [0.3, 0.4) is 0 Å². The molecule has 0 fully saturated rings. The third kappa shape index (κ3) is 4.32. The number of carbonyl (C=O) groups excluding carboxylic acids is 2. The van der Waals surface area contributed by atoms with E-state index in [0.717, 1.165) is 22.2 Å². The predicted octanol–water partition coefficient (Wildman–Crippen LogP) is 2.07. The first-order chi connectivity index (χ1) is 14.1. The second-order valence-electron chi connectivity index (χ2n) is 6.72. The van der Waals surface area contributed by atoms with Gasteiger partial charge in [0, 0.05) is 26.3 Å². The Morgan fingerprint density at radius 1 is 1.03 bits per heavy atom. The van der Waals surface area contributed by atoms with Crippen LogP contribution in [-0.4, -0.2) is 31.1 Å². The lowest BCUT2D eigenvalue weighted by molar-refractivity contribution is -0.136. The van der Waals surface area contributed by atoms with Crippen LogP contribution in [0.1, 0.15) is 11.1 Å². The predicted molar refractivity (Wildman–Crippen MR) is 109 cm³/mol. The first-order valence-electron chi connectivity index (χ1n) is 9.14. The molecule has 8 heteroatoms. The van der Waals surface area contributed by atoms with Gasteiger partial charge in [0.15, 0.2) is 0 Å². The Morgan fingerprint density at radius 3 is 2.69 bits per heavy atom. The number of imidazole rings is 1. The van der Waals surface area contributed by atoms with Gasteiger partial charge in [-0.05, 0) is 23.3 Å². The lowest BCUT2D eigenvalue weighted by Crippen LogP contribution is -2.34. The molecule has 0 unspecified atom stereocenters. The van der Waals surface area contributed by atoms with E-state index < -0.39 is 11.8 Å². The van der Waals surface area contributed by atoms with Crippen LogP contribution >= 0.6 is 0 Å². The number of anilines is 1. The molecule has 0 atom stereocenters. The number of nitrogens with zero attached hydrogens (tertiary/aromatic N) is 4. The highest BCUT2D eigenvalue weighted by atomic mass is 16.2. The van der Waals surface area contributed by atoms with Crippen LogP contribution in [0.15, 0.2) is 67.3 Å². The van der Waals surface area contributed by atoms with Gasteiger partial charge in [-0.1, -0.05) is 36.4 Å². The van der Waals surface area contributed by atoms with Crippen molar-refractivity contribution >= 4 is 28.5 Å². The lowest BCUT2D eigenvalue weighted by atomic mass is 10.1. The average Bonchev–Trinajstić information content (AvgIpc) is 3.32. The summed E-state index contributed by atoms with van der Waals surface area (Å²) in [4.78, 5) is 28.4. The average molecular weight is 388 g/mol. The topological polar surface area (TPSA) is 93.8 Å². The number of fused-ring (bicyclic) bond motifs is 1. The maximum Gasteiger partial charge on any atom is 0.313 e. The summed E-state index contributed by atoms with van der Waals surface area (Å²) in [5, 5.41) is 9.10. The number of benzene rings is 2. The normalized spacial score (nSPS) is 10.8. The fourth-order valence-electron chi connectivity index (χ4n) is 3.11.